The topological polar surface area (TPSA) is 124 Å². The molecule has 0 atom stereocenters. The van der Waals surface area contributed by atoms with Gasteiger partial charge >= 0.3 is 5.69 Å². The van der Waals surface area contributed by atoms with Gasteiger partial charge in [0.2, 0.25) is 18.4 Å². The Morgan fingerprint density at radius 1 is 0.962 bits per heavy atom. The van der Waals surface area contributed by atoms with Gasteiger partial charge in [0.05, 0.1) is 4.92 Å². The molecular formula is C16H12N6O4. The maximum Gasteiger partial charge on any atom is 0.353 e. The smallest absolute Gasteiger partial charge is 0.353 e. The Balaban J connectivity index is 1.67. The van der Waals surface area contributed by atoms with Crippen molar-refractivity contribution in [3.05, 3.63) is 59.2 Å². The van der Waals surface area contributed by atoms with Gasteiger partial charge in [-0.3, -0.25) is 15.1 Å². The molecule has 2 aromatic heterocycles. The van der Waals surface area contributed by atoms with Crippen molar-refractivity contribution in [1.82, 2.24) is 15.0 Å². The van der Waals surface area contributed by atoms with E-state index in [1.54, 1.807) is 42.7 Å². The lowest BCUT2D eigenvalue weighted by molar-refractivity contribution is -0.383. The molecule has 1 aliphatic rings. The Labute approximate surface area is 147 Å². The maximum absolute atomic E-state index is 11.6. The Kier molecular flexibility index (Phi) is 3.90. The van der Waals surface area contributed by atoms with Crippen molar-refractivity contribution >= 4 is 28.7 Å². The molecule has 2 N–H and O–H groups in total. The number of pyridine rings is 1. The van der Waals surface area contributed by atoms with Gasteiger partial charge in [0, 0.05) is 29.8 Å². The highest BCUT2D eigenvalue weighted by molar-refractivity contribution is 5.77. The van der Waals surface area contributed by atoms with Crippen molar-refractivity contribution in [3.8, 4) is 11.5 Å². The monoisotopic (exact) mass is 352 g/mol. The van der Waals surface area contributed by atoms with Crippen LogP contribution in [0.2, 0.25) is 0 Å². The number of aromatic nitrogens is 3. The summed E-state index contributed by atoms with van der Waals surface area (Å²) in [4.78, 5) is 23.0. The van der Waals surface area contributed by atoms with Gasteiger partial charge < -0.3 is 20.1 Å². The number of nitrogens with one attached hydrogen (secondary N) is 2. The molecule has 0 fully saturated rings. The van der Waals surface area contributed by atoms with Crippen LogP contribution in [0.15, 0.2) is 49.1 Å². The molecule has 0 spiro atoms. The highest BCUT2D eigenvalue weighted by atomic mass is 16.7. The van der Waals surface area contributed by atoms with Crippen LogP contribution < -0.4 is 20.1 Å². The van der Waals surface area contributed by atoms with Crippen molar-refractivity contribution in [1.29, 1.82) is 0 Å². The molecule has 26 heavy (non-hydrogen) atoms. The predicted molar refractivity (Wildman–Crippen MR) is 92.1 cm³/mol. The average molecular weight is 352 g/mol. The van der Waals surface area contributed by atoms with Crippen molar-refractivity contribution in [3.63, 3.8) is 0 Å². The maximum atomic E-state index is 11.6. The van der Waals surface area contributed by atoms with Gasteiger partial charge in [0.25, 0.3) is 0 Å². The van der Waals surface area contributed by atoms with E-state index in [0.717, 1.165) is 0 Å². The Morgan fingerprint density at radius 3 is 2.38 bits per heavy atom. The van der Waals surface area contributed by atoms with Crippen LogP contribution in [0, 0.1) is 10.1 Å². The number of anilines is 4. The molecule has 4 rings (SSSR count). The van der Waals surface area contributed by atoms with Gasteiger partial charge in [-0.2, -0.15) is 0 Å². The predicted octanol–water partition coefficient (Wildman–Crippen LogP) is 3.00. The van der Waals surface area contributed by atoms with E-state index < -0.39 is 4.92 Å². The first kappa shape index (κ1) is 15.6. The van der Waals surface area contributed by atoms with Gasteiger partial charge in [-0.15, -0.1) is 0 Å². The van der Waals surface area contributed by atoms with Crippen LogP contribution in [0.3, 0.4) is 0 Å². The van der Waals surface area contributed by atoms with Crippen LogP contribution >= 0.6 is 0 Å². The molecule has 0 unspecified atom stereocenters. The molecule has 0 saturated carbocycles. The van der Waals surface area contributed by atoms with Crippen molar-refractivity contribution in [2.24, 2.45) is 0 Å². The fourth-order valence-corrected chi connectivity index (χ4v) is 2.42. The third kappa shape index (κ3) is 3.02. The van der Waals surface area contributed by atoms with Crippen LogP contribution in [-0.4, -0.2) is 26.7 Å². The molecule has 0 bridgehead atoms. The number of hydrogen-bond donors (Lipinski definition) is 2. The van der Waals surface area contributed by atoms with Crippen LogP contribution in [0.5, 0.6) is 11.5 Å². The van der Waals surface area contributed by atoms with Gasteiger partial charge in [-0.1, -0.05) is 0 Å². The summed E-state index contributed by atoms with van der Waals surface area (Å²) in [5, 5.41) is 17.4. The highest BCUT2D eigenvalue weighted by Crippen LogP contribution is 2.37. The lowest BCUT2D eigenvalue weighted by Crippen LogP contribution is -2.05. The van der Waals surface area contributed by atoms with E-state index in [9.17, 15) is 10.1 Å². The quantitative estimate of drug-likeness (QED) is 0.526. The molecule has 10 nitrogen and oxygen atoms in total. The second kappa shape index (κ2) is 6.51. The molecule has 130 valence electrons. The van der Waals surface area contributed by atoms with E-state index in [0.29, 0.717) is 22.9 Å². The lowest BCUT2D eigenvalue weighted by atomic mass is 10.2. The first-order valence-corrected chi connectivity index (χ1v) is 7.54. The average Bonchev–Trinajstić information content (AvgIpc) is 3.10. The third-order valence-corrected chi connectivity index (χ3v) is 3.58. The molecule has 0 radical (unpaired) electrons. The van der Waals surface area contributed by atoms with E-state index in [1.165, 1.54) is 6.33 Å². The number of nitrogens with zero attached hydrogens (tertiary/aromatic N) is 4. The third-order valence-electron chi connectivity index (χ3n) is 3.58. The van der Waals surface area contributed by atoms with Gasteiger partial charge in [0.15, 0.2) is 11.5 Å². The Morgan fingerprint density at radius 2 is 1.65 bits per heavy atom. The van der Waals surface area contributed by atoms with E-state index in [2.05, 4.69) is 25.6 Å². The number of benzene rings is 1. The van der Waals surface area contributed by atoms with E-state index in [-0.39, 0.29) is 24.1 Å². The fraction of sp³-hybridized carbons (Fsp3) is 0.0625. The van der Waals surface area contributed by atoms with Crippen molar-refractivity contribution in [2.75, 3.05) is 17.4 Å². The SMILES string of the molecule is O=[N+]([O-])c1c(Nc2ccncc2)ncnc1Nc1ccc2c(c1)OCO2. The minimum absolute atomic E-state index is 0.0559. The normalized spacial score (nSPS) is 11.8. The van der Waals surface area contributed by atoms with E-state index in [1.807, 2.05) is 0 Å². The molecule has 3 heterocycles. The summed E-state index contributed by atoms with van der Waals surface area (Å²) in [5.74, 6) is 1.30. The molecule has 3 aromatic rings. The lowest BCUT2D eigenvalue weighted by Gasteiger charge is -2.10. The van der Waals surface area contributed by atoms with Crippen molar-refractivity contribution < 1.29 is 14.4 Å². The number of fused-ring (bicyclic) bond motifs is 1. The van der Waals surface area contributed by atoms with Gasteiger partial charge in [0.1, 0.15) is 6.33 Å². The molecule has 1 aliphatic heterocycles. The number of nitro groups is 1. The van der Waals surface area contributed by atoms with Crippen molar-refractivity contribution in [2.45, 2.75) is 0 Å². The zero-order chi connectivity index (χ0) is 17.9. The zero-order valence-electron chi connectivity index (χ0n) is 13.2. The van der Waals surface area contributed by atoms with Crippen LogP contribution in [0.4, 0.5) is 28.7 Å². The van der Waals surface area contributed by atoms with E-state index >= 15 is 0 Å². The Bertz CT molecular complexity index is 966. The highest BCUT2D eigenvalue weighted by Gasteiger charge is 2.24. The summed E-state index contributed by atoms with van der Waals surface area (Å²) in [6.45, 7) is 0.145. The second-order valence-electron chi connectivity index (χ2n) is 5.23. The molecule has 0 aliphatic carbocycles. The molecule has 0 saturated heterocycles. The largest absolute Gasteiger partial charge is 0.454 e. The zero-order valence-corrected chi connectivity index (χ0v) is 13.2. The molecule has 10 heteroatoms. The fourth-order valence-electron chi connectivity index (χ4n) is 2.42. The Hall–Kier alpha value is -3.95. The second-order valence-corrected chi connectivity index (χ2v) is 5.23. The summed E-state index contributed by atoms with van der Waals surface area (Å²) < 4.78 is 10.6. The first-order chi connectivity index (χ1) is 12.7. The van der Waals surface area contributed by atoms with Gasteiger partial charge in [-0.05, 0) is 24.3 Å². The summed E-state index contributed by atoms with van der Waals surface area (Å²) in [6, 6.07) is 8.47. The van der Waals surface area contributed by atoms with E-state index in [4.69, 9.17) is 9.47 Å². The van der Waals surface area contributed by atoms with Crippen LogP contribution in [0.25, 0.3) is 0 Å². The van der Waals surface area contributed by atoms with Crippen LogP contribution in [-0.2, 0) is 0 Å². The number of rotatable bonds is 5. The first-order valence-electron chi connectivity index (χ1n) is 7.54. The van der Waals surface area contributed by atoms with Crippen LogP contribution in [0.1, 0.15) is 0 Å². The van der Waals surface area contributed by atoms with Gasteiger partial charge in [-0.25, -0.2) is 9.97 Å². The summed E-state index contributed by atoms with van der Waals surface area (Å²) in [6.07, 6.45) is 4.38. The number of hydrogen-bond acceptors (Lipinski definition) is 9. The minimum atomic E-state index is -0.543. The standard InChI is InChI=1S/C16H12N6O4/c23-22(24)14-15(20-10-3-5-17-6-4-10)18-8-19-16(14)21-11-1-2-12-13(7-11)26-9-25-12/h1-8H,9H2,(H2,17,18,19,20,21). The molecule has 0 amide bonds. The summed E-state index contributed by atoms with van der Waals surface area (Å²) >= 11 is 0. The molecular weight excluding hydrogens is 340 g/mol. The molecule has 1 aromatic carbocycles. The minimum Gasteiger partial charge on any atom is -0.454 e. The summed E-state index contributed by atoms with van der Waals surface area (Å²) in [7, 11) is 0. The summed E-state index contributed by atoms with van der Waals surface area (Å²) in [5.41, 5.74) is 0.920. The number of ether oxygens (including phenoxy) is 2.